The van der Waals surface area contributed by atoms with Gasteiger partial charge in [-0.05, 0) is 60.7 Å². The molecule has 3 heterocycles. The lowest BCUT2D eigenvalue weighted by atomic mass is 10.0. The van der Waals surface area contributed by atoms with Crippen LogP contribution in [0.4, 0.5) is 26.3 Å². The van der Waals surface area contributed by atoms with Gasteiger partial charge in [0.05, 0.1) is 39.2 Å². The van der Waals surface area contributed by atoms with Gasteiger partial charge in [-0.1, -0.05) is 121 Å². The minimum atomic E-state index is -4.75. The highest BCUT2D eigenvalue weighted by molar-refractivity contribution is 6.10. The standard InChI is InChI=1S/C51H30F6N6/c52-50(53,54)36-22-25-43-38(28-36)39-29-37(51(55,56)57)23-26-44(39)63(43)45-24-21-35(48-61-46(33-17-9-3-10-18-33)60-47(62-48)34-19-11-4-12-20-34)27-40(45)49-58-41(31-13-5-1-6-14-31)30-42(59-49)32-15-7-2-8-16-32/h1-30H. The quantitative estimate of drug-likeness (QED) is 0.150. The van der Waals surface area contributed by atoms with Crippen molar-refractivity contribution in [3.05, 3.63) is 193 Å². The molecular formula is C51H30F6N6. The van der Waals surface area contributed by atoms with Crippen molar-refractivity contribution in [1.82, 2.24) is 29.5 Å². The normalized spacial score (nSPS) is 12.0. The van der Waals surface area contributed by atoms with Gasteiger partial charge in [0.1, 0.15) is 0 Å². The lowest BCUT2D eigenvalue weighted by Crippen LogP contribution is -2.05. The Morgan fingerprint density at radius 1 is 0.333 bits per heavy atom. The van der Waals surface area contributed by atoms with Gasteiger partial charge in [0.2, 0.25) is 0 Å². The van der Waals surface area contributed by atoms with E-state index in [1.165, 1.54) is 12.1 Å². The van der Waals surface area contributed by atoms with Crippen molar-refractivity contribution in [2.45, 2.75) is 12.4 Å². The van der Waals surface area contributed by atoms with E-state index >= 15 is 0 Å². The first-order chi connectivity index (χ1) is 30.5. The molecule has 0 atom stereocenters. The second-order valence-corrected chi connectivity index (χ2v) is 14.8. The number of aromatic nitrogens is 6. The van der Waals surface area contributed by atoms with Crippen molar-refractivity contribution in [2.24, 2.45) is 0 Å². The summed E-state index contributed by atoms with van der Waals surface area (Å²) in [6.07, 6.45) is -9.50. The van der Waals surface area contributed by atoms with Crippen LogP contribution in [0.25, 0.3) is 95.6 Å². The predicted octanol–water partition coefficient (Wildman–Crippen LogP) is 13.8. The van der Waals surface area contributed by atoms with E-state index in [0.29, 0.717) is 45.7 Å². The van der Waals surface area contributed by atoms with Crippen molar-refractivity contribution < 1.29 is 26.3 Å². The van der Waals surface area contributed by atoms with Crippen molar-refractivity contribution in [3.8, 4) is 73.8 Å². The predicted molar refractivity (Wildman–Crippen MR) is 232 cm³/mol. The van der Waals surface area contributed by atoms with E-state index in [1.807, 2.05) is 127 Å². The summed E-state index contributed by atoms with van der Waals surface area (Å²) in [7, 11) is 0. The van der Waals surface area contributed by atoms with Crippen molar-refractivity contribution >= 4 is 21.8 Å². The van der Waals surface area contributed by atoms with Crippen LogP contribution in [0.1, 0.15) is 11.1 Å². The van der Waals surface area contributed by atoms with Gasteiger partial charge >= 0.3 is 12.4 Å². The summed E-state index contributed by atoms with van der Waals surface area (Å²) in [5, 5.41) is -0.0234. The van der Waals surface area contributed by atoms with E-state index in [1.54, 1.807) is 22.8 Å². The third-order valence-corrected chi connectivity index (χ3v) is 10.7. The van der Waals surface area contributed by atoms with Crippen LogP contribution in [0.3, 0.4) is 0 Å². The highest BCUT2D eigenvalue weighted by Crippen LogP contribution is 2.42. The molecule has 0 aliphatic rings. The third kappa shape index (κ3) is 7.56. The highest BCUT2D eigenvalue weighted by Gasteiger charge is 2.34. The molecule has 10 aromatic rings. The lowest BCUT2D eigenvalue weighted by molar-refractivity contribution is -0.138. The second kappa shape index (κ2) is 15.5. The van der Waals surface area contributed by atoms with Crippen LogP contribution in [0.15, 0.2) is 182 Å². The maximum absolute atomic E-state index is 14.2. The summed E-state index contributed by atoms with van der Waals surface area (Å²) < 4.78 is 86.9. The van der Waals surface area contributed by atoms with Gasteiger partial charge in [-0.2, -0.15) is 26.3 Å². The number of nitrogens with zero attached hydrogens (tertiary/aromatic N) is 6. The SMILES string of the molecule is FC(F)(F)c1ccc2c(c1)c1cc(C(F)(F)F)ccc1n2-c1ccc(-c2nc(-c3ccccc3)nc(-c3ccccc3)n2)cc1-c1nc(-c2ccccc2)cc(-c2ccccc2)n1. The summed E-state index contributed by atoms with van der Waals surface area (Å²) in [5.41, 5.74) is 4.09. The maximum Gasteiger partial charge on any atom is 0.416 e. The zero-order chi connectivity index (χ0) is 43.3. The monoisotopic (exact) mass is 840 g/mol. The van der Waals surface area contributed by atoms with Crippen LogP contribution in [0.2, 0.25) is 0 Å². The zero-order valence-corrected chi connectivity index (χ0v) is 32.8. The summed E-state index contributed by atoms with van der Waals surface area (Å²) in [6.45, 7) is 0. The molecule has 0 N–H and O–H groups in total. The van der Waals surface area contributed by atoms with Crippen LogP contribution >= 0.6 is 0 Å². The highest BCUT2D eigenvalue weighted by atomic mass is 19.4. The van der Waals surface area contributed by atoms with Crippen molar-refractivity contribution in [3.63, 3.8) is 0 Å². The van der Waals surface area contributed by atoms with E-state index in [9.17, 15) is 26.3 Å². The molecule has 3 aromatic heterocycles. The Morgan fingerprint density at radius 2 is 0.730 bits per heavy atom. The molecule has 0 aliphatic heterocycles. The topological polar surface area (TPSA) is 69.4 Å². The number of hydrogen-bond donors (Lipinski definition) is 0. The fourth-order valence-corrected chi connectivity index (χ4v) is 7.70. The van der Waals surface area contributed by atoms with Gasteiger partial charge in [0, 0.05) is 44.2 Å². The van der Waals surface area contributed by atoms with Crippen molar-refractivity contribution in [2.75, 3.05) is 0 Å². The van der Waals surface area contributed by atoms with Gasteiger partial charge < -0.3 is 4.57 Å². The molecule has 7 aromatic carbocycles. The molecule has 10 rings (SSSR count). The molecule has 6 nitrogen and oxygen atoms in total. The third-order valence-electron chi connectivity index (χ3n) is 10.7. The van der Waals surface area contributed by atoms with Crippen LogP contribution in [-0.4, -0.2) is 29.5 Å². The summed E-state index contributed by atoms with van der Waals surface area (Å²) in [5.74, 6) is 1.38. The summed E-state index contributed by atoms with van der Waals surface area (Å²) >= 11 is 0. The molecule has 0 bridgehead atoms. The molecule has 12 heteroatoms. The first-order valence-corrected chi connectivity index (χ1v) is 19.7. The molecule has 0 aliphatic carbocycles. The van der Waals surface area contributed by atoms with Crippen LogP contribution in [0.5, 0.6) is 0 Å². The zero-order valence-electron chi connectivity index (χ0n) is 32.8. The molecule has 306 valence electrons. The summed E-state index contributed by atoms with van der Waals surface area (Å²) in [6, 6.07) is 51.3. The number of alkyl halides is 6. The molecule has 0 fully saturated rings. The number of hydrogen-bond acceptors (Lipinski definition) is 5. The summed E-state index contributed by atoms with van der Waals surface area (Å²) in [4.78, 5) is 24.9. The molecule has 63 heavy (non-hydrogen) atoms. The largest absolute Gasteiger partial charge is 0.416 e. The van der Waals surface area contributed by atoms with Crippen LogP contribution < -0.4 is 0 Å². The Kier molecular flexibility index (Phi) is 9.62. The maximum atomic E-state index is 14.2. The van der Waals surface area contributed by atoms with E-state index in [2.05, 4.69) is 0 Å². The molecule has 0 spiro atoms. The van der Waals surface area contributed by atoms with E-state index in [0.717, 1.165) is 46.5 Å². The first-order valence-electron chi connectivity index (χ1n) is 19.7. The van der Waals surface area contributed by atoms with Crippen molar-refractivity contribution in [1.29, 1.82) is 0 Å². The Hall–Kier alpha value is -7.99. The Labute approximate surface area is 355 Å². The molecule has 0 amide bonds. The van der Waals surface area contributed by atoms with Crippen LogP contribution in [-0.2, 0) is 12.4 Å². The molecule has 0 saturated carbocycles. The van der Waals surface area contributed by atoms with Gasteiger partial charge in [0.15, 0.2) is 23.3 Å². The van der Waals surface area contributed by atoms with Crippen LogP contribution in [0, 0.1) is 0 Å². The average Bonchev–Trinajstić information content (AvgIpc) is 3.64. The average molecular weight is 841 g/mol. The molecule has 0 saturated heterocycles. The number of benzene rings is 7. The van der Waals surface area contributed by atoms with E-state index in [-0.39, 0.29) is 27.6 Å². The second-order valence-electron chi connectivity index (χ2n) is 14.8. The van der Waals surface area contributed by atoms with Gasteiger partial charge in [0.25, 0.3) is 0 Å². The Bertz CT molecular complexity index is 3110. The van der Waals surface area contributed by atoms with E-state index in [4.69, 9.17) is 24.9 Å². The molecular weight excluding hydrogens is 811 g/mol. The first kappa shape index (κ1) is 39.2. The fraction of sp³-hybridized carbons (Fsp3) is 0.0392. The Balaban J connectivity index is 1.29. The minimum absolute atomic E-state index is 0.0117. The number of rotatable bonds is 7. The Morgan fingerprint density at radius 3 is 1.14 bits per heavy atom. The number of fused-ring (bicyclic) bond motifs is 3. The number of halogens is 6. The van der Waals surface area contributed by atoms with Gasteiger partial charge in [-0.15, -0.1) is 0 Å². The smallest absolute Gasteiger partial charge is 0.309 e. The van der Waals surface area contributed by atoms with Gasteiger partial charge in [-0.3, -0.25) is 0 Å². The lowest BCUT2D eigenvalue weighted by Gasteiger charge is -2.17. The van der Waals surface area contributed by atoms with Gasteiger partial charge in [-0.25, -0.2) is 24.9 Å². The minimum Gasteiger partial charge on any atom is -0.309 e. The molecule has 0 unspecified atom stereocenters. The fourth-order valence-electron chi connectivity index (χ4n) is 7.70. The molecule has 0 radical (unpaired) electrons. The van der Waals surface area contributed by atoms with E-state index < -0.39 is 23.5 Å².